The Hall–Kier alpha value is -6.91. The quantitative estimate of drug-likeness (QED) is 0.175. The van der Waals surface area contributed by atoms with E-state index >= 15 is 0 Å². The van der Waals surface area contributed by atoms with Crippen molar-refractivity contribution in [3.8, 4) is 11.5 Å². The fourth-order valence-electron chi connectivity index (χ4n) is 8.78. The molecule has 4 nitrogen and oxygen atoms in total. The van der Waals surface area contributed by atoms with Gasteiger partial charge in [-0.15, -0.1) is 0 Å². The number of benzene rings is 8. The lowest BCUT2D eigenvalue weighted by Crippen LogP contribution is -2.02. The standard InChI is InChI=1S/C47H27N3O/c1-3-15-30-28(13-1)29-14-2-4-16-31(29)37-26-44-38(25-36(30)37)46-43(49-39-21-9-5-17-32(39)33-18-6-10-22-40(33)49)27-45(48-47(46)51-44)50-41-23-11-7-19-34(41)35-20-8-12-24-42(35)50/h1-27H. The van der Waals surface area contributed by atoms with Crippen LogP contribution in [-0.4, -0.2) is 14.1 Å². The van der Waals surface area contributed by atoms with E-state index in [0.29, 0.717) is 5.71 Å². The minimum Gasteiger partial charge on any atom is -0.438 e. The smallest absolute Gasteiger partial charge is 0.231 e. The predicted octanol–water partition coefficient (Wildman–Crippen LogP) is 12.6. The van der Waals surface area contributed by atoms with Crippen LogP contribution in [0.3, 0.4) is 0 Å². The molecule has 0 aliphatic heterocycles. The Morgan fingerprint density at radius 1 is 0.353 bits per heavy atom. The zero-order valence-corrected chi connectivity index (χ0v) is 27.3. The number of furan rings is 1. The monoisotopic (exact) mass is 649 g/mol. The molecule has 0 aliphatic carbocycles. The van der Waals surface area contributed by atoms with Crippen molar-refractivity contribution in [2.75, 3.05) is 0 Å². The molecule has 4 heteroatoms. The van der Waals surface area contributed by atoms with Crippen molar-refractivity contribution in [2.45, 2.75) is 0 Å². The Balaban J connectivity index is 1.30. The number of rotatable bonds is 2. The van der Waals surface area contributed by atoms with Crippen LogP contribution in [0.25, 0.3) is 110 Å². The van der Waals surface area contributed by atoms with E-state index in [9.17, 15) is 0 Å². The second-order valence-corrected chi connectivity index (χ2v) is 13.5. The fourth-order valence-corrected chi connectivity index (χ4v) is 8.78. The maximum absolute atomic E-state index is 6.91. The average molecular weight is 650 g/mol. The number of aromatic nitrogens is 3. The summed E-state index contributed by atoms with van der Waals surface area (Å²) in [7, 11) is 0. The van der Waals surface area contributed by atoms with Gasteiger partial charge in [-0.05, 0) is 68.7 Å². The summed E-state index contributed by atoms with van der Waals surface area (Å²) in [5.74, 6) is 0.816. The van der Waals surface area contributed by atoms with Gasteiger partial charge in [0.2, 0.25) is 5.71 Å². The van der Waals surface area contributed by atoms with E-state index in [0.717, 1.165) is 49.9 Å². The van der Waals surface area contributed by atoms with Crippen LogP contribution in [-0.2, 0) is 0 Å². The predicted molar refractivity (Wildman–Crippen MR) is 213 cm³/mol. The second kappa shape index (κ2) is 9.84. The minimum absolute atomic E-state index is 0.616. The molecule has 0 bridgehead atoms. The molecular weight excluding hydrogens is 623 g/mol. The van der Waals surface area contributed by atoms with Gasteiger partial charge in [0, 0.05) is 33.0 Å². The first-order valence-electron chi connectivity index (χ1n) is 17.4. The zero-order chi connectivity index (χ0) is 33.2. The maximum atomic E-state index is 6.91. The molecule has 236 valence electrons. The molecule has 4 aromatic heterocycles. The zero-order valence-electron chi connectivity index (χ0n) is 27.3. The summed E-state index contributed by atoms with van der Waals surface area (Å²) in [5.41, 5.74) is 6.99. The van der Waals surface area contributed by atoms with Gasteiger partial charge in [0.1, 0.15) is 11.4 Å². The molecule has 0 N–H and O–H groups in total. The molecule has 8 aromatic carbocycles. The Morgan fingerprint density at radius 2 is 0.745 bits per heavy atom. The lowest BCUT2D eigenvalue weighted by Gasteiger charge is -2.14. The summed E-state index contributed by atoms with van der Waals surface area (Å²) in [6.45, 7) is 0. The highest BCUT2D eigenvalue weighted by Gasteiger charge is 2.23. The third-order valence-electron chi connectivity index (χ3n) is 10.9. The van der Waals surface area contributed by atoms with Crippen molar-refractivity contribution in [3.05, 3.63) is 164 Å². The topological polar surface area (TPSA) is 35.9 Å². The van der Waals surface area contributed by atoms with Crippen LogP contribution in [0.15, 0.2) is 168 Å². The summed E-state index contributed by atoms with van der Waals surface area (Å²) in [5, 5.41) is 14.2. The minimum atomic E-state index is 0.616. The van der Waals surface area contributed by atoms with Crippen LogP contribution in [0.5, 0.6) is 0 Å². The Bertz CT molecular complexity index is 3330. The molecule has 0 amide bonds. The molecule has 12 aromatic rings. The molecule has 0 aliphatic rings. The van der Waals surface area contributed by atoms with Gasteiger partial charge in [0.15, 0.2) is 0 Å². The highest BCUT2D eigenvalue weighted by atomic mass is 16.3. The van der Waals surface area contributed by atoms with E-state index in [4.69, 9.17) is 9.40 Å². The maximum Gasteiger partial charge on any atom is 0.231 e. The lowest BCUT2D eigenvalue weighted by atomic mass is 9.93. The van der Waals surface area contributed by atoms with Gasteiger partial charge in [0.05, 0.1) is 33.1 Å². The molecule has 0 saturated heterocycles. The Morgan fingerprint density at radius 3 is 1.24 bits per heavy atom. The number of hydrogen-bond acceptors (Lipinski definition) is 2. The van der Waals surface area contributed by atoms with E-state index in [1.165, 1.54) is 53.9 Å². The third-order valence-corrected chi connectivity index (χ3v) is 10.9. The summed E-state index contributed by atoms with van der Waals surface area (Å²) in [6, 6.07) is 58.8. The first-order valence-corrected chi connectivity index (χ1v) is 17.4. The third kappa shape index (κ3) is 3.55. The van der Waals surface area contributed by atoms with Gasteiger partial charge < -0.3 is 8.98 Å². The van der Waals surface area contributed by atoms with Gasteiger partial charge in [-0.2, -0.15) is 4.98 Å². The Labute approximate surface area is 291 Å². The molecule has 0 saturated carbocycles. The Kier molecular flexibility index (Phi) is 5.20. The highest BCUT2D eigenvalue weighted by molar-refractivity contribution is 6.28. The molecular formula is C47H27N3O. The first-order chi connectivity index (χ1) is 25.3. The number of hydrogen-bond donors (Lipinski definition) is 0. The van der Waals surface area contributed by atoms with Gasteiger partial charge >= 0.3 is 0 Å². The number of nitrogens with zero attached hydrogens (tertiary/aromatic N) is 3. The van der Waals surface area contributed by atoms with E-state index < -0.39 is 0 Å². The van der Waals surface area contributed by atoms with Gasteiger partial charge in [-0.3, -0.25) is 4.57 Å². The SMILES string of the molecule is c1ccc2c(c1)c1ccccc1c1cc3c(cc21)oc1nc(-n2c4ccccc4c4ccccc42)cc(-n2c4ccccc4c4ccccc42)c13. The summed E-state index contributed by atoms with van der Waals surface area (Å²) >= 11 is 0. The van der Waals surface area contributed by atoms with Crippen molar-refractivity contribution in [2.24, 2.45) is 0 Å². The van der Waals surface area contributed by atoms with Crippen LogP contribution < -0.4 is 0 Å². The lowest BCUT2D eigenvalue weighted by molar-refractivity contribution is 0.653. The van der Waals surface area contributed by atoms with Crippen molar-refractivity contribution >= 4 is 98.0 Å². The van der Waals surface area contributed by atoms with Crippen molar-refractivity contribution in [1.29, 1.82) is 0 Å². The van der Waals surface area contributed by atoms with Crippen LogP contribution in [0.1, 0.15) is 0 Å². The van der Waals surface area contributed by atoms with E-state index in [1.807, 2.05) is 0 Å². The molecule has 0 radical (unpaired) electrons. The van der Waals surface area contributed by atoms with Crippen LogP contribution in [0, 0.1) is 0 Å². The second-order valence-electron chi connectivity index (χ2n) is 13.5. The number of pyridine rings is 1. The summed E-state index contributed by atoms with van der Waals surface area (Å²) in [6.07, 6.45) is 0. The summed E-state index contributed by atoms with van der Waals surface area (Å²) in [4.78, 5) is 5.38. The van der Waals surface area contributed by atoms with Crippen molar-refractivity contribution in [3.63, 3.8) is 0 Å². The van der Waals surface area contributed by atoms with Gasteiger partial charge in [-0.1, -0.05) is 121 Å². The molecule has 12 rings (SSSR count). The van der Waals surface area contributed by atoms with E-state index in [-0.39, 0.29) is 0 Å². The molecule has 51 heavy (non-hydrogen) atoms. The normalized spacial score (nSPS) is 12.3. The average Bonchev–Trinajstić information content (AvgIpc) is 3.84. The molecule has 0 unspecified atom stereocenters. The molecule has 0 atom stereocenters. The first kappa shape index (κ1) is 27.0. The van der Waals surface area contributed by atoms with Crippen LogP contribution in [0.4, 0.5) is 0 Å². The fraction of sp³-hybridized carbons (Fsp3) is 0. The van der Waals surface area contributed by atoms with E-state index in [2.05, 4.69) is 173 Å². The largest absolute Gasteiger partial charge is 0.438 e. The van der Waals surface area contributed by atoms with Gasteiger partial charge in [0.25, 0.3) is 0 Å². The van der Waals surface area contributed by atoms with Crippen molar-refractivity contribution < 1.29 is 4.42 Å². The van der Waals surface area contributed by atoms with E-state index in [1.54, 1.807) is 0 Å². The molecule has 0 spiro atoms. The molecule has 0 fully saturated rings. The van der Waals surface area contributed by atoms with Crippen molar-refractivity contribution in [1.82, 2.24) is 14.1 Å². The molecule has 4 heterocycles. The van der Waals surface area contributed by atoms with Gasteiger partial charge in [-0.25, -0.2) is 0 Å². The van der Waals surface area contributed by atoms with Crippen LogP contribution in [0.2, 0.25) is 0 Å². The highest BCUT2D eigenvalue weighted by Crippen LogP contribution is 2.43. The number of para-hydroxylation sites is 4. The number of fused-ring (bicyclic) bond motifs is 15. The summed E-state index contributed by atoms with van der Waals surface area (Å²) < 4.78 is 11.6. The van der Waals surface area contributed by atoms with Crippen LogP contribution >= 0.6 is 0 Å².